The third-order valence-corrected chi connectivity index (χ3v) is 6.52. The Balaban J connectivity index is 1.67. The van der Waals surface area contributed by atoms with Crippen LogP contribution in [0.15, 0.2) is 53.4 Å². The van der Waals surface area contributed by atoms with Crippen molar-refractivity contribution in [3.05, 3.63) is 64.2 Å². The smallest absolute Gasteiger partial charge is 0.269 e. The minimum atomic E-state index is -3.78. The number of benzene rings is 2. The van der Waals surface area contributed by atoms with Crippen LogP contribution in [0.5, 0.6) is 5.75 Å². The molecule has 1 aliphatic heterocycles. The topological polar surface area (TPSA) is 110 Å². The van der Waals surface area contributed by atoms with Crippen LogP contribution in [-0.4, -0.2) is 61.2 Å². The molecule has 1 amide bonds. The molecule has 2 aromatic rings. The highest BCUT2D eigenvalue weighted by molar-refractivity contribution is 7.89. The number of amides is 1. The van der Waals surface area contributed by atoms with Gasteiger partial charge >= 0.3 is 0 Å². The predicted octanol–water partition coefficient (Wildman–Crippen LogP) is 2.14. The number of nitro benzene ring substituents is 1. The molecule has 1 aliphatic rings. The number of non-ortho nitro benzene ring substituents is 1. The highest BCUT2D eigenvalue weighted by atomic mass is 32.2. The second-order valence-electron chi connectivity index (χ2n) is 6.41. The molecule has 0 radical (unpaired) electrons. The first-order valence-electron chi connectivity index (χ1n) is 9.09. The maximum Gasteiger partial charge on any atom is 0.269 e. The Morgan fingerprint density at radius 3 is 2.34 bits per heavy atom. The van der Waals surface area contributed by atoms with Crippen molar-refractivity contribution in [2.24, 2.45) is 0 Å². The summed E-state index contributed by atoms with van der Waals surface area (Å²) in [5.74, 6) is 0.427. The molecule has 10 heteroatoms. The largest absolute Gasteiger partial charge is 0.494 e. The molecule has 29 heavy (non-hydrogen) atoms. The maximum atomic E-state index is 12.8. The van der Waals surface area contributed by atoms with Crippen LogP contribution in [0, 0.1) is 10.1 Å². The van der Waals surface area contributed by atoms with Crippen LogP contribution in [-0.2, 0) is 10.0 Å². The van der Waals surface area contributed by atoms with Crippen molar-refractivity contribution < 1.29 is 22.9 Å². The van der Waals surface area contributed by atoms with Crippen molar-refractivity contribution >= 4 is 21.6 Å². The predicted molar refractivity (Wildman–Crippen MR) is 105 cm³/mol. The van der Waals surface area contributed by atoms with E-state index in [1.807, 2.05) is 6.92 Å². The van der Waals surface area contributed by atoms with E-state index in [1.165, 1.54) is 16.4 Å². The highest BCUT2D eigenvalue weighted by Gasteiger charge is 2.30. The first-order valence-corrected chi connectivity index (χ1v) is 10.5. The lowest BCUT2D eigenvalue weighted by molar-refractivity contribution is -0.384. The van der Waals surface area contributed by atoms with Crippen molar-refractivity contribution in [3.63, 3.8) is 0 Å². The fourth-order valence-electron chi connectivity index (χ4n) is 3.09. The molecule has 0 saturated carbocycles. The Morgan fingerprint density at radius 1 is 1.10 bits per heavy atom. The van der Waals surface area contributed by atoms with Gasteiger partial charge < -0.3 is 9.64 Å². The van der Waals surface area contributed by atoms with Gasteiger partial charge in [-0.25, -0.2) is 8.42 Å². The summed E-state index contributed by atoms with van der Waals surface area (Å²) in [6.45, 7) is 3.16. The van der Waals surface area contributed by atoms with Crippen LogP contribution < -0.4 is 4.74 Å². The van der Waals surface area contributed by atoms with E-state index >= 15 is 0 Å². The van der Waals surface area contributed by atoms with Crippen LogP contribution in [0.2, 0.25) is 0 Å². The molecular weight excluding hydrogens is 398 g/mol. The fraction of sp³-hybridized carbons (Fsp3) is 0.316. The van der Waals surface area contributed by atoms with Gasteiger partial charge in [-0.3, -0.25) is 14.9 Å². The maximum absolute atomic E-state index is 12.8. The van der Waals surface area contributed by atoms with Gasteiger partial charge in [0.2, 0.25) is 10.0 Å². The lowest BCUT2D eigenvalue weighted by atomic mass is 10.1. The van der Waals surface area contributed by atoms with E-state index in [2.05, 4.69) is 0 Å². The molecule has 0 unspecified atom stereocenters. The molecule has 1 heterocycles. The zero-order valence-corrected chi connectivity index (χ0v) is 16.7. The second kappa shape index (κ2) is 8.58. The minimum absolute atomic E-state index is 0.00714. The third kappa shape index (κ3) is 4.54. The summed E-state index contributed by atoms with van der Waals surface area (Å²) >= 11 is 0. The van der Waals surface area contributed by atoms with E-state index < -0.39 is 14.9 Å². The fourth-order valence-corrected chi connectivity index (χ4v) is 4.51. The van der Waals surface area contributed by atoms with E-state index in [4.69, 9.17) is 4.74 Å². The first kappa shape index (κ1) is 20.7. The zero-order chi connectivity index (χ0) is 21.0. The summed E-state index contributed by atoms with van der Waals surface area (Å²) in [5, 5.41) is 10.7. The normalized spacial score (nSPS) is 15.1. The van der Waals surface area contributed by atoms with Gasteiger partial charge in [-0.2, -0.15) is 4.31 Å². The van der Waals surface area contributed by atoms with Gasteiger partial charge in [0.15, 0.2) is 0 Å². The van der Waals surface area contributed by atoms with Crippen LogP contribution in [0.1, 0.15) is 17.3 Å². The molecule has 154 valence electrons. The summed E-state index contributed by atoms with van der Waals surface area (Å²) in [7, 11) is -3.78. The van der Waals surface area contributed by atoms with Crippen molar-refractivity contribution in [2.75, 3.05) is 32.8 Å². The van der Waals surface area contributed by atoms with Crippen LogP contribution >= 0.6 is 0 Å². The summed E-state index contributed by atoms with van der Waals surface area (Å²) in [6, 6.07) is 11.7. The van der Waals surface area contributed by atoms with Crippen molar-refractivity contribution in [1.82, 2.24) is 9.21 Å². The molecule has 0 aromatic heterocycles. The molecular formula is C19H21N3O6S. The summed E-state index contributed by atoms with van der Waals surface area (Å²) in [4.78, 5) is 24.5. The van der Waals surface area contributed by atoms with Crippen molar-refractivity contribution in [2.45, 2.75) is 11.8 Å². The minimum Gasteiger partial charge on any atom is -0.494 e. The Morgan fingerprint density at radius 2 is 1.76 bits per heavy atom. The Bertz CT molecular complexity index is 999. The van der Waals surface area contributed by atoms with Crippen LogP contribution in [0.4, 0.5) is 5.69 Å². The second-order valence-corrected chi connectivity index (χ2v) is 8.35. The number of ether oxygens (including phenoxy) is 1. The van der Waals surface area contributed by atoms with Gasteiger partial charge in [-0.15, -0.1) is 0 Å². The number of hydrogen-bond acceptors (Lipinski definition) is 6. The molecule has 2 aromatic carbocycles. The Labute approximate surface area is 168 Å². The van der Waals surface area contributed by atoms with E-state index in [-0.39, 0.29) is 42.7 Å². The van der Waals surface area contributed by atoms with Gasteiger partial charge in [-0.1, -0.05) is 6.07 Å². The number of rotatable bonds is 6. The van der Waals surface area contributed by atoms with E-state index in [1.54, 1.807) is 29.2 Å². The molecule has 3 rings (SSSR count). The van der Waals surface area contributed by atoms with Gasteiger partial charge in [0.05, 0.1) is 16.4 Å². The summed E-state index contributed by atoms with van der Waals surface area (Å²) in [6.07, 6.45) is 0. The summed E-state index contributed by atoms with van der Waals surface area (Å²) < 4.78 is 32.2. The number of carbonyl (C=O) groups excluding carboxylic acids is 1. The SMILES string of the molecule is CCOc1cccc(C(=O)N2CCN(S(=O)(=O)c3ccc([N+](=O)[O-])cc3)CC2)c1. The van der Waals surface area contributed by atoms with Crippen LogP contribution in [0.3, 0.4) is 0 Å². The van der Waals surface area contributed by atoms with Gasteiger partial charge in [0, 0.05) is 43.9 Å². The van der Waals surface area contributed by atoms with E-state index in [0.29, 0.717) is 17.9 Å². The standard InChI is InChI=1S/C19H21N3O6S/c1-2-28-17-5-3-4-15(14-17)19(23)20-10-12-21(13-11-20)29(26,27)18-8-6-16(7-9-18)22(24)25/h3-9,14H,2,10-13H2,1H3. The number of piperazine rings is 1. The molecule has 9 nitrogen and oxygen atoms in total. The van der Waals surface area contributed by atoms with Gasteiger partial charge in [0.25, 0.3) is 11.6 Å². The zero-order valence-electron chi connectivity index (χ0n) is 15.9. The lowest BCUT2D eigenvalue weighted by Crippen LogP contribution is -2.50. The number of carbonyl (C=O) groups is 1. The average molecular weight is 419 g/mol. The number of nitrogens with zero attached hydrogens (tertiary/aromatic N) is 3. The van der Waals surface area contributed by atoms with Crippen LogP contribution in [0.25, 0.3) is 0 Å². The molecule has 1 fully saturated rings. The highest BCUT2D eigenvalue weighted by Crippen LogP contribution is 2.22. The number of nitro groups is 1. The van der Waals surface area contributed by atoms with Gasteiger partial charge in [-0.05, 0) is 37.3 Å². The van der Waals surface area contributed by atoms with Gasteiger partial charge in [0.1, 0.15) is 5.75 Å². The molecule has 0 bridgehead atoms. The molecule has 0 aliphatic carbocycles. The number of hydrogen-bond donors (Lipinski definition) is 0. The van der Waals surface area contributed by atoms with E-state index in [0.717, 1.165) is 12.1 Å². The lowest BCUT2D eigenvalue weighted by Gasteiger charge is -2.34. The monoisotopic (exact) mass is 419 g/mol. The van der Waals surface area contributed by atoms with Crippen molar-refractivity contribution in [3.8, 4) is 5.75 Å². The first-order chi connectivity index (χ1) is 13.8. The Kier molecular flexibility index (Phi) is 6.14. The average Bonchev–Trinajstić information content (AvgIpc) is 2.74. The summed E-state index contributed by atoms with van der Waals surface area (Å²) in [5.41, 5.74) is 0.316. The molecule has 1 saturated heterocycles. The third-order valence-electron chi connectivity index (χ3n) is 4.60. The number of sulfonamides is 1. The van der Waals surface area contributed by atoms with E-state index in [9.17, 15) is 23.3 Å². The Hall–Kier alpha value is -2.98. The molecule has 0 spiro atoms. The molecule has 0 atom stereocenters. The van der Waals surface area contributed by atoms with Crippen molar-refractivity contribution in [1.29, 1.82) is 0 Å². The quantitative estimate of drug-likeness (QED) is 0.524. The molecule has 0 N–H and O–H groups in total.